The number of carbonyl (C=O) groups excluding carboxylic acids is 2. The molecule has 15 heteroatoms. The van der Waals surface area contributed by atoms with Crippen LogP contribution in [0.3, 0.4) is 0 Å². The van der Waals surface area contributed by atoms with Gasteiger partial charge in [-0.15, -0.1) is 0 Å². The van der Waals surface area contributed by atoms with Crippen LogP contribution < -0.4 is 0 Å². The van der Waals surface area contributed by atoms with Gasteiger partial charge in [0.15, 0.2) is 9.84 Å². The zero-order valence-corrected chi connectivity index (χ0v) is 25.0. The minimum Gasteiger partial charge on any atom is -0.469 e. The van der Waals surface area contributed by atoms with E-state index in [-0.39, 0.29) is 53.4 Å². The largest absolute Gasteiger partial charge is 0.469 e. The van der Waals surface area contributed by atoms with Gasteiger partial charge < -0.3 is 9.64 Å². The van der Waals surface area contributed by atoms with Gasteiger partial charge in [0.25, 0.3) is 0 Å². The molecule has 2 aromatic rings. The van der Waals surface area contributed by atoms with Crippen LogP contribution >= 0.6 is 15.9 Å². The normalized spacial score (nSPS) is 23.7. The van der Waals surface area contributed by atoms with Crippen molar-refractivity contribution >= 4 is 37.6 Å². The maximum absolute atomic E-state index is 14.7. The average Bonchev–Trinajstić information content (AvgIpc) is 3.42. The smallest absolute Gasteiger partial charge is 0.435 e. The molecule has 0 radical (unpaired) electrons. The summed E-state index contributed by atoms with van der Waals surface area (Å²) in [6, 6.07) is 7.64. The number of hydrogen-bond acceptors (Lipinski definition) is 5. The van der Waals surface area contributed by atoms with Crippen molar-refractivity contribution < 1.29 is 53.5 Å². The van der Waals surface area contributed by atoms with Crippen LogP contribution in [0.2, 0.25) is 0 Å². The van der Waals surface area contributed by atoms with E-state index in [1.807, 2.05) is 0 Å². The minimum atomic E-state index is -6.34. The number of sulfone groups is 1. The van der Waals surface area contributed by atoms with Crippen molar-refractivity contribution in [2.45, 2.75) is 59.8 Å². The molecule has 1 amide bonds. The highest BCUT2D eigenvalue weighted by molar-refractivity contribution is 9.10. The van der Waals surface area contributed by atoms with Crippen molar-refractivity contribution in [2.75, 3.05) is 20.2 Å². The third kappa shape index (κ3) is 5.78. The molecule has 0 bridgehead atoms. The molecular formula is C28H27BrF7NO5S. The summed E-state index contributed by atoms with van der Waals surface area (Å²) in [7, 11) is -3.16. The fraction of sp³-hybridized carbons (Fsp3) is 0.500. The molecule has 1 aliphatic carbocycles. The Bertz CT molecular complexity index is 1460. The van der Waals surface area contributed by atoms with E-state index in [4.69, 9.17) is 4.74 Å². The Labute approximate surface area is 251 Å². The van der Waals surface area contributed by atoms with Crippen LogP contribution in [-0.4, -0.2) is 57.7 Å². The van der Waals surface area contributed by atoms with Gasteiger partial charge in [-0.25, -0.2) is 12.8 Å². The van der Waals surface area contributed by atoms with E-state index in [0.717, 1.165) is 12.1 Å². The number of benzene rings is 2. The lowest BCUT2D eigenvalue weighted by Gasteiger charge is -2.33. The molecule has 1 saturated carbocycles. The van der Waals surface area contributed by atoms with E-state index >= 15 is 0 Å². The van der Waals surface area contributed by atoms with Gasteiger partial charge in [0.05, 0.1) is 17.9 Å². The highest BCUT2D eigenvalue weighted by atomic mass is 79.9. The third-order valence-corrected chi connectivity index (χ3v) is 11.3. The molecule has 1 atom stereocenters. The van der Waals surface area contributed by atoms with Crippen LogP contribution in [0, 0.1) is 11.8 Å². The Morgan fingerprint density at radius 3 is 1.98 bits per heavy atom. The molecule has 0 aromatic heterocycles. The van der Waals surface area contributed by atoms with Crippen LogP contribution in [-0.2, 0) is 34.6 Å². The molecule has 2 aromatic carbocycles. The van der Waals surface area contributed by atoms with Gasteiger partial charge in [0, 0.05) is 29.0 Å². The van der Waals surface area contributed by atoms with Gasteiger partial charge in [-0.3, -0.25) is 9.59 Å². The standard InChI is InChI=1S/C28H27BrF7NO5S/c1-42-24(39)18-7-5-17(6-8-18)23(38)37-14-13-25(16-37,43(40,41)22-4-2-3-21(29)15-22)19-9-11-20(12-10-19)26(30,27(31,32)33)28(34,35)36/h2-4,9-12,15,17-18H,5-8,13-14,16H2,1H3. The fourth-order valence-corrected chi connectivity index (χ4v) is 8.61. The lowest BCUT2D eigenvalue weighted by atomic mass is 9.81. The number of nitrogens with zero attached hydrogens (tertiary/aromatic N) is 1. The summed E-state index contributed by atoms with van der Waals surface area (Å²) < 4.78 is 126. The molecule has 2 fully saturated rings. The van der Waals surface area contributed by atoms with Gasteiger partial charge in [-0.2, -0.15) is 26.3 Å². The van der Waals surface area contributed by atoms with Crippen molar-refractivity contribution in [3.05, 3.63) is 64.1 Å². The fourth-order valence-electron chi connectivity index (χ4n) is 5.93. The predicted octanol–water partition coefficient (Wildman–Crippen LogP) is 6.62. The maximum Gasteiger partial charge on any atom is 0.435 e. The molecule has 1 heterocycles. The van der Waals surface area contributed by atoms with Gasteiger partial charge in [0.1, 0.15) is 4.75 Å². The molecule has 43 heavy (non-hydrogen) atoms. The maximum atomic E-state index is 14.7. The number of amides is 1. The molecule has 0 spiro atoms. The summed E-state index contributed by atoms with van der Waals surface area (Å²) in [6.07, 6.45) is -11.4. The van der Waals surface area contributed by atoms with Crippen molar-refractivity contribution in [3.8, 4) is 0 Å². The SMILES string of the molecule is COC(=O)C1CCC(C(=O)N2CCC(c3ccc(C(F)(C(F)(F)F)C(F)(F)F)cc3)(S(=O)(=O)c3cccc(Br)c3)C2)CC1. The van der Waals surface area contributed by atoms with Crippen molar-refractivity contribution in [3.63, 3.8) is 0 Å². The molecule has 0 N–H and O–H groups in total. The summed E-state index contributed by atoms with van der Waals surface area (Å²) in [5, 5.41) is 0. The number of likely N-dealkylation sites (tertiary alicyclic amines) is 1. The van der Waals surface area contributed by atoms with Crippen LogP contribution in [0.1, 0.15) is 43.2 Å². The number of hydrogen-bond donors (Lipinski definition) is 0. The van der Waals surface area contributed by atoms with Crippen LogP contribution in [0.15, 0.2) is 57.9 Å². The van der Waals surface area contributed by atoms with E-state index in [9.17, 15) is 48.7 Å². The van der Waals surface area contributed by atoms with Crippen LogP contribution in [0.25, 0.3) is 0 Å². The Kier molecular flexibility index (Phi) is 9.02. The number of esters is 1. The third-order valence-electron chi connectivity index (χ3n) is 8.37. The van der Waals surface area contributed by atoms with Gasteiger partial charge in [0.2, 0.25) is 5.91 Å². The highest BCUT2D eigenvalue weighted by Gasteiger charge is 2.73. The summed E-state index contributed by atoms with van der Waals surface area (Å²) in [5.41, 5.74) is -7.62. The Morgan fingerprint density at radius 1 is 0.907 bits per heavy atom. The lowest BCUT2D eigenvalue weighted by molar-refractivity contribution is -0.348. The number of rotatable bonds is 6. The van der Waals surface area contributed by atoms with Crippen molar-refractivity contribution in [1.82, 2.24) is 4.90 Å². The molecule has 6 nitrogen and oxygen atoms in total. The van der Waals surface area contributed by atoms with Gasteiger partial charge >= 0.3 is 24.0 Å². The van der Waals surface area contributed by atoms with E-state index in [1.54, 1.807) is 6.07 Å². The molecule has 2 aliphatic rings. The molecule has 236 valence electrons. The molecule has 1 saturated heterocycles. The van der Waals surface area contributed by atoms with E-state index < -0.39 is 50.6 Å². The first-order chi connectivity index (χ1) is 19.9. The van der Waals surface area contributed by atoms with E-state index in [0.29, 0.717) is 30.2 Å². The number of halogens is 8. The molecular weight excluding hydrogens is 675 g/mol. The number of alkyl halides is 7. The van der Waals surface area contributed by atoms with Gasteiger partial charge in [-0.05, 0) is 55.9 Å². The highest BCUT2D eigenvalue weighted by Crippen LogP contribution is 2.54. The van der Waals surface area contributed by atoms with Crippen molar-refractivity contribution in [2.24, 2.45) is 11.8 Å². The molecule has 4 rings (SSSR count). The van der Waals surface area contributed by atoms with E-state index in [1.165, 1.54) is 30.2 Å². The molecule has 1 unspecified atom stereocenters. The monoisotopic (exact) mass is 701 g/mol. The Balaban J connectivity index is 1.73. The second-order valence-corrected chi connectivity index (χ2v) is 13.9. The number of ether oxygens (including phenoxy) is 1. The Morgan fingerprint density at radius 2 is 1.47 bits per heavy atom. The molecule has 1 aliphatic heterocycles. The van der Waals surface area contributed by atoms with Gasteiger partial charge in [-0.1, -0.05) is 46.3 Å². The quantitative estimate of drug-likeness (QED) is 0.250. The Hall–Kier alpha value is -2.68. The second-order valence-electron chi connectivity index (χ2n) is 10.8. The number of methoxy groups -OCH3 is 1. The topological polar surface area (TPSA) is 80.8 Å². The average molecular weight is 702 g/mol. The predicted molar refractivity (Wildman–Crippen MR) is 143 cm³/mol. The number of carbonyl (C=O) groups is 2. The lowest BCUT2D eigenvalue weighted by Crippen LogP contribution is -2.50. The van der Waals surface area contributed by atoms with Crippen LogP contribution in [0.4, 0.5) is 30.7 Å². The zero-order valence-electron chi connectivity index (χ0n) is 22.6. The summed E-state index contributed by atoms with van der Waals surface area (Å²) >= 11 is 3.20. The summed E-state index contributed by atoms with van der Waals surface area (Å²) in [4.78, 5) is 26.5. The second kappa shape index (κ2) is 11.7. The minimum absolute atomic E-state index is 0.0666. The van der Waals surface area contributed by atoms with Crippen LogP contribution in [0.5, 0.6) is 0 Å². The first-order valence-electron chi connectivity index (χ1n) is 13.2. The van der Waals surface area contributed by atoms with Crippen molar-refractivity contribution in [1.29, 1.82) is 0 Å². The first kappa shape index (κ1) is 33.2. The first-order valence-corrected chi connectivity index (χ1v) is 15.5. The van der Waals surface area contributed by atoms with E-state index in [2.05, 4.69) is 15.9 Å². The summed E-state index contributed by atoms with van der Waals surface area (Å²) in [6.45, 7) is -0.501. The summed E-state index contributed by atoms with van der Waals surface area (Å²) in [5.74, 6) is -1.64. The zero-order chi connectivity index (χ0) is 32.0.